The summed E-state index contributed by atoms with van der Waals surface area (Å²) >= 11 is 0. The molecule has 1 saturated heterocycles. The van der Waals surface area contributed by atoms with E-state index in [1.807, 2.05) is 55.5 Å². The zero-order valence-corrected chi connectivity index (χ0v) is 19.2. The molecular weight excluding hydrogens is 444 g/mol. The van der Waals surface area contributed by atoms with E-state index in [0.29, 0.717) is 47.4 Å². The van der Waals surface area contributed by atoms with Gasteiger partial charge < -0.3 is 19.7 Å². The van der Waals surface area contributed by atoms with Crippen LogP contribution in [0.25, 0.3) is 11.0 Å². The van der Waals surface area contributed by atoms with Crippen molar-refractivity contribution in [2.45, 2.75) is 19.4 Å². The van der Waals surface area contributed by atoms with E-state index >= 15 is 0 Å². The van der Waals surface area contributed by atoms with Crippen LogP contribution in [-0.2, 0) is 4.79 Å². The van der Waals surface area contributed by atoms with Gasteiger partial charge in [0.2, 0.25) is 11.8 Å². The molecule has 1 aliphatic rings. The standard InChI is InChI=1S/C26H24N6O3/c1-3-24(33)32-14-13-19(15-32)35-23-12-9-20-25(31-23)26(28-16-27-20)30-22-11-10-21(17(2)29-22)34-18-7-5-4-6-8-18/h3-12,16,19H,1,13-15H2,2H3,(H,27,28,29,30)/t19-/m0/s1. The Balaban J connectivity index is 1.33. The van der Waals surface area contributed by atoms with Crippen LogP contribution in [0.3, 0.4) is 0 Å². The Morgan fingerprint density at radius 3 is 2.77 bits per heavy atom. The first-order valence-corrected chi connectivity index (χ1v) is 11.3. The maximum Gasteiger partial charge on any atom is 0.246 e. The molecule has 9 nitrogen and oxygen atoms in total. The van der Waals surface area contributed by atoms with Gasteiger partial charge in [0.25, 0.3) is 0 Å². The fourth-order valence-electron chi connectivity index (χ4n) is 3.87. The van der Waals surface area contributed by atoms with E-state index in [1.165, 1.54) is 12.4 Å². The van der Waals surface area contributed by atoms with E-state index in [2.05, 4.69) is 31.8 Å². The second kappa shape index (κ2) is 9.76. The van der Waals surface area contributed by atoms with Crippen LogP contribution in [0.4, 0.5) is 11.6 Å². The number of hydrogen-bond donors (Lipinski definition) is 1. The molecule has 5 rings (SSSR count). The highest BCUT2D eigenvalue weighted by molar-refractivity contribution is 5.87. The number of amides is 1. The maximum atomic E-state index is 11.8. The van der Waals surface area contributed by atoms with E-state index in [-0.39, 0.29) is 12.0 Å². The first kappa shape index (κ1) is 22.3. The van der Waals surface area contributed by atoms with Crippen LogP contribution in [0, 0.1) is 6.92 Å². The first-order valence-electron chi connectivity index (χ1n) is 11.3. The average molecular weight is 469 g/mol. The number of nitrogens with zero attached hydrogens (tertiary/aromatic N) is 5. The minimum atomic E-state index is -0.133. The van der Waals surface area contributed by atoms with E-state index in [9.17, 15) is 4.79 Å². The minimum Gasteiger partial charge on any atom is -0.472 e. The summed E-state index contributed by atoms with van der Waals surface area (Å²) < 4.78 is 12.0. The quantitative estimate of drug-likeness (QED) is 0.398. The number of ether oxygens (including phenoxy) is 2. The van der Waals surface area contributed by atoms with Gasteiger partial charge in [0.15, 0.2) is 5.82 Å². The molecular formula is C26H24N6O3. The molecule has 1 amide bonds. The van der Waals surface area contributed by atoms with Gasteiger partial charge in [0.05, 0.1) is 17.8 Å². The van der Waals surface area contributed by atoms with Crippen LogP contribution in [0.15, 0.2) is 73.6 Å². The molecule has 0 spiro atoms. The lowest BCUT2D eigenvalue weighted by Crippen LogP contribution is -2.29. The summed E-state index contributed by atoms with van der Waals surface area (Å²) in [5.74, 6) is 2.89. The number of para-hydroxylation sites is 1. The fourth-order valence-corrected chi connectivity index (χ4v) is 3.87. The molecule has 1 N–H and O–H groups in total. The highest BCUT2D eigenvalue weighted by Crippen LogP contribution is 2.28. The molecule has 1 fully saturated rings. The second-order valence-corrected chi connectivity index (χ2v) is 8.08. The largest absolute Gasteiger partial charge is 0.472 e. The Bertz CT molecular complexity index is 1380. The topological polar surface area (TPSA) is 102 Å². The number of fused-ring (bicyclic) bond motifs is 1. The Labute approximate surface area is 202 Å². The molecule has 1 atom stereocenters. The SMILES string of the molecule is C=CC(=O)N1CC[C@H](Oc2ccc3ncnc(Nc4ccc(Oc5ccccc5)c(C)n4)c3n2)C1. The van der Waals surface area contributed by atoms with Gasteiger partial charge in [-0.15, -0.1) is 0 Å². The summed E-state index contributed by atoms with van der Waals surface area (Å²) in [4.78, 5) is 31.5. The van der Waals surface area contributed by atoms with Crippen molar-refractivity contribution >= 4 is 28.6 Å². The molecule has 0 aliphatic carbocycles. The van der Waals surface area contributed by atoms with Crippen LogP contribution in [0.1, 0.15) is 12.1 Å². The van der Waals surface area contributed by atoms with Crippen LogP contribution >= 0.6 is 0 Å². The predicted octanol–water partition coefficient (Wildman–Crippen LogP) is 4.43. The van der Waals surface area contributed by atoms with Crippen LogP contribution in [-0.4, -0.2) is 49.9 Å². The zero-order chi connectivity index (χ0) is 24.2. The first-order chi connectivity index (χ1) is 17.1. The molecule has 4 aromatic rings. The summed E-state index contributed by atoms with van der Waals surface area (Å²) in [5.41, 5.74) is 1.96. The average Bonchev–Trinajstić information content (AvgIpc) is 3.35. The molecule has 0 unspecified atom stereocenters. The normalized spacial score (nSPS) is 15.1. The van der Waals surface area contributed by atoms with Gasteiger partial charge in [0, 0.05) is 19.0 Å². The van der Waals surface area contributed by atoms with Crippen molar-refractivity contribution in [3.63, 3.8) is 0 Å². The monoisotopic (exact) mass is 468 g/mol. The predicted molar refractivity (Wildman–Crippen MR) is 132 cm³/mol. The van der Waals surface area contributed by atoms with E-state index in [4.69, 9.17) is 9.47 Å². The van der Waals surface area contributed by atoms with Crippen molar-refractivity contribution in [1.82, 2.24) is 24.8 Å². The van der Waals surface area contributed by atoms with Crippen molar-refractivity contribution in [3.05, 3.63) is 79.3 Å². The van der Waals surface area contributed by atoms with Gasteiger partial charge in [-0.1, -0.05) is 24.8 Å². The van der Waals surface area contributed by atoms with Gasteiger partial charge in [-0.2, -0.15) is 0 Å². The lowest BCUT2D eigenvalue weighted by molar-refractivity contribution is -0.125. The smallest absolute Gasteiger partial charge is 0.246 e. The lowest BCUT2D eigenvalue weighted by Gasteiger charge is -2.15. The molecule has 1 aromatic carbocycles. The van der Waals surface area contributed by atoms with Crippen molar-refractivity contribution in [2.75, 3.05) is 18.4 Å². The summed E-state index contributed by atoms with van der Waals surface area (Å²) in [6.45, 7) is 6.56. The lowest BCUT2D eigenvalue weighted by atomic mass is 10.3. The molecule has 9 heteroatoms. The number of pyridine rings is 2. The van der Waals surface area contributed by atoms with Crippen LogP contribution < -0.4 is 14.8 Å². The Kier molecular flexibility index (Phi) is 6.21. The third kappa shape index (κ3) is 5.03. The van der Waals surface area contributed by atoms with Crippen molar-refractivity contribution in [1.29, 1.82) is 0 Å². The number of nitrogens with one attached hydrogen (secondary N) is 1. The van der Waals surface area contributed by atoms with Crippen LogP contribution in [0.5, 0.6) is 17.4 Å². The van der Waals surface area contributed by atoms with Gasteiger partial charge in [-0.3, -0.25) is 4.79 Å². The summed E-state index contributed by atoms with van der Waals surface area (Å²) in [7, 11) is 0. The molecule has 1 aliphatic heterocycles. The summed E-state index contributed by atoms with van der Waals surface area (Å²) in [6.07, 6.45) is 3.40. The number of benzene rings is 1. The van der Waals surface area contributed by atoms with Gasteiger partial charge >= 0.3 is 0 Å². The number of carbonyl (C=O) groups is 1. The molecule has 4 heterocycles. The number of aromatic nitrogens is 4. The minimum absolute atomic E-state index is 0.0922. The zero-order valence-electron chi connectivity index (χ0n) is 19.2. The fraction of sp³-hybridized carbons (Fsp3) is 0.192. The molecule has 3 aromatic heterocycles. The van der Waals surface area contributed by atoms with Crippen LogP contribution in [0.2, 0.25) is 0 Å². The number of aryl methyl sites for hydroxylation is 1. The van der Waals surface area contributed by atoms with E-state index in [0.717, 1.165) is 17.9 Å². The number of likely N-dealkylation sites (tertiary alicyclic amines) is 1. The Hall–Kier alpha value is -4.53. The number of rotatable bonds is 7. The molecule has 0 saturated carbocycles. The summed E-state index contributed by atoms with van der Waals surface area (Å²) in [6, 6.07) is 16.9. The van der Waals surface area contributed by atoms with Crippen molar-refractivity contribution in [3.8, 4) is 17.4 Å². The van der Waals surface area contributed by atoms with E-state index in [1.54, 1.807) is 11.0 Å². The van der Waals surface area contributed by atoms with Gasteiger partial charge in [-0.25, -0.2) is 19.9 Å². The van der Waals surface area contributed by atoms with Gasteiger partial charge in [-0.05, 0) is 43.3 Å². The highest BCUT2D eigenvalue weighted by atomic mass is 16.5. The number of carbonyl (C=O) groups excluding carboxylic acids is 1. The van der Waals surface area contributed by atoms with Crippen molar-refractivity contribution in [2.24, 2.45) is 0 Å². The molecule has 0 bridgehead atoms. The maximum absolute atomic E-state index is 11.8. The molecule has 0 radical (unpaired) electrons. The van der Waals surface area contributed by atoms with E-state index < -0.39 is 0 Å². The third-order valence-electron chi connectivity index (χ3n) is 5.63. The highest BCUT2D eigenvalue weighted by Gasteiger charge is 2.26. The number of hydrogen-bond acceptors (Lipinski definition) is 8. The molecule has 35 heavy (non-hydrogen) atoms. The molecule has 176 valence electrons. The Morgan fingerprint density at radius 1 is 1.11 bits per heavy atom. The van der Waals surface area contributed by atoms with Crippen molar-refractivity contribution < 1.29 is 14.3 Å². The summed E-state index contributed by atoms with van der Waals surface area (Å²) in [5, 5.41) is 3.23. The van der Waals surface area contributed by atoms with Gasteiger partial charge in [0.1, 0.15) is 35.3 Å². The Morgan fingerprint density at radius 2 is 1.97 bits per heavy atom. The third-order valence-corrected chi connectivity index (χ3v) is 5.63. The second-order valence-electron chi connectivity index (χ2n) is 8.08. The number of anilines is 2.